The molecule has 1 aliphatic heterocycles. The van der Waals surface area contributed by atoms with Crippen molar-refractivity contribution in [1.29, 1.82) is 0 Å². The quantitative estimate of drug-likeness (QED) is 0.763. The third-order valence-electron chi connectivity index (χ3n) is 5.31. The summed E-state index contributed by atoms with van der Waals surface area (Å²) in [6.07, 6.45) is 1.83. The van der Waals surface area contributed by atoms with E-state index < -0.39 is 5.60 Å². The molecule has 0 radical (unpaired) electrons. The third-order valence-corrected chi connectivity index (χ3v) is 5.31. The van der Waals surface area contributed by atoms with Crippen molar-refractivity contribution < 1.29 is 14.3 Å². The van der Waals surface area contributed by atoms with Crippen molar-refractivity contribution in [2.24, 2.45) is 5.92 Å². The van der Waals surface area contributed by atoms with E-state index in [1.54, 1.807) is 4.90 Å². The number of nitrogens with zero attached hydrogens (tertiary/aromatic N) is 1. The highest BCUT2D eigenvalue weighted by atomic mass is 16.6. The smallest absolute Gasteiger partial charge is 0.410 e. The van der Waals surface area contributed by atoms with Crippen LogP contribution in [0.3, 0.4) is 0 Å². The van der Waals surface area contributed by atoms with Gasteiger partial charge in [0.2, 0.25) is 5.91 Å². The van der Waals surface area contributed by atoms with E-state index in [4.69, 9.17) is 4.74 Å². The monoisotopic (exact) mass is 408 g/mol. The SMILES string of the molecule is CC(C)(C)OC(=O)N1CCC(CC(=O)NC(c2ccccc2)c2ccccc2)CC1. The summed E-state index contributed by atoms with van der Waals surface area (Å²) in [6.45, 7) is 6.88. The second kappa shape index (κ2) is 9.79. The lowest BCUT2D eigenvalue weighted by atomic mass is 9.92. The van der Waals surface area contributed by atoms with Gasteiger partial charge in [-0.2, -0.15) is 0 Å². The van der Waals surface area contributed by atoms with Gasteiger partial charge in [0, 0.05) is 19.5 Å². The van der Waals surface area contributed by atoms with Crippen LogP contribution in [0.25, 0.3) is 0 Å². The van der Waals surface area contributed by atoms with Crippen molar-refractivity contribution in [1.82, 2.24) is 10.2 Å². The highest BCUT2D eigenvalue weighted by molar-refractivity contribution is 5.77. The molecule has 0 aromatic heterocycles. The van der Waals surface area contributed by atoms with Crippen molar-refractivity contribution in [2.75, 3.05) is 13.1 Å². The normalized spacial score (nSPS) is 15.1. The molecule has 5 heteroatoms. The van der Waals surface area contributed by atoms with Crippen LogP contribution < -0.4 is 5.32 Å². The average molecular weight is 409 g/mol. The standard InChI is InChI=1S/C25H32N2O3/c1-25(2,3)30-24(29)27-16-14-19(15-17-27)18-22(28)26-23(20-10-6-4-7-11-20)21-12-8-5-9-13-21/h4-13,19,23H,14-18H2,1-3H3,(H,26,28). The van der Waals surface area contributed by atoms with E-state index in [-0.39, 0.29) is 24.0 Å². The molecule has 5 nitrogen and oxygen atoms in total. The number of hydrogen-bond acceptors (Lipinski definition) is 3. The predicted molar refractivity (Wildman–Crippen MR) is 118 cm³/mol. The van der Waals surface area contributed by atoms with Crippen LogP contribution in [0.2, 0.25) is 0 Å². The Labute approximate surface area is 179 Å². The first-order chi connectivity index (χ1) is 14.3. The second-order valence-electron chi connectivity index (χ2n) is 8.94. The van der Waals surface area contributed by atoms with Crippen LogP contribution in [0.4, 0.5) is 4.79 Å². The van der Waals surface area contributed by atoms with Crippen LogP contribution >= 0.6 is 0 Å². The number of carbonyl (C=O) groups is 2. The molecule has 2 aromatic carbocycles. The molecule has 0 bridgehead atoms. The number of benzene rings is 2. The first-order valence-corrected chi connectivity index (χ1v) is 10.7. The van der Waals surface area contributed by atoms with Crippen LogP contribution in [0.15, 0.2) is 60.7 Å². The molecule has 1 N–H and O–H groups in total. The van der Waals surface area contributed by atoms with E-state index in [9.17, 15) is 9.59 Å². The lowest BCUT2D eigenvalue weighted by Crippen LogP contribution is -2.42. The largest absolute Gasteiger partial charge is 0.444 e. The fourth-order valence-corrected chi connectivity index (χ4v) is 3.78. The Bertz CT molecular complexity index is 783. The van der Waals surface area contributed by atoms with Gasteiger partial charge < -0.3 is 15.0 Å². The van der Waals surface area contributed by atoms with E-state index in [2.05, 4.69) is 5.32 Å². The molecular formula is C25H32N2O3. The van der Waals surface area contributed by atoms with Gasteiger partial charge in [0.15, 0.2) is 0 Å². The Balaban J connectivity index is 1.56. The van der Waals surface area contributed by atoms with Gasteiger partial charge in [-0.1, -0.05) is 60.7 Å². The Hall–Kier alpha value is -2.82. The van der Waals surface area contributed by atoms with E-state index in [1.165, 1.54) is 0 Å². The minimum atomic E-state index is -0.488. The van der Waals surface area contributed by atoms with Gasteiger partial charge in [-0.15, -0.1) is 0 Å². The Morgan fingerprint density at radius 1 is 0.967 bits per heavy atom. The summed E-state index contributed by atoms with van der Waals surface area (Å²) in [7, 11) is 0. The molecule has 1 aliphatic rings. The molecule has 0 unspecified atom stereocenters. The molecule has 3 rings (SSSR count). The minimum absolute atomic E-state index is 0.0448. The molecular weight excluding hydrogens is 376 g/mol. The first-order valence-electron chi connectivity index (χ1n) is 10.7. The summed E-state index contributed by atoms with van der Waals surface area (Å²) in [5.74, 6) is 0.319. The van der Waals surface area contributed by atoms with Crippen molar-refractivity contribution in [3.8, 4) is 0 Å². The fraction of sp³-hybridized carbons (Fsp3) is 0.440. The van der Waals surface area contributed by atoms with Gasteiger partial charge in [-0.25, -0.2) is 4.79 Å². The predicted octanol–water partition coefficient (Wildman–Crippen LogP) is 4.93. The zero-order chi connectivity index (χ0) is 21.6. The summed E-state index contributed by atoms with van der Waals surface area (Å²) >= 11 is 0. The molecule has 2 aromatic rings. The van der Waals surface area contributed by atoms with Crippen molar-refractivity contribution >= 4 is 12.0 Å². The second-order valence-corrected chi connectivity index (χ2v) is 8.94. The summed E-state index contributed by atoms with van der Waals surface area (Å²) in [5.41, 5.74) is 1.64. The maximum absolute atomic E-state index is 12.9. The third kappa shape index (κ3) is 6.34. The maximum atomic E-state index is 12.9. The van der Waals surface area contributed by atoms with Crippen molar-refractivity contribution in [3.63, 3.8) is 0 Å². The molecule has 0 saturated carbocycles. The number of amides is 2. The molecule has 2 amide bonds. The van der Waals surface area contributed by atoms with E-state index in [1.807, 2.05) is 81.4 Å². The number of ether oxygens (including phenoxy) is 1. The van der Waals surface area contributed by atoms with Gasteiger partial charge in [0.25, 0.3) is 0 Å². The minimum Gasteiger partial charge on any atom is -0.444 e. The number of hydrogen-bond donors (Lipinski definition) is 1. The van der Waals surface area contributed by atoms with Gasteiger partial charge in [0.1, 0.15) is 5.60 Å². The van der Waals surface area contributed by atoms with Crippen LogP contribution in [-0.2, 0) is 9.53 Å². The highest BCUT2D eigenvalue weighted by Crippen LogP contribution is 2.25. The topological polar surface area (TPSA) is 58.6 Å². The number of rotatable bonds is 5. The molecule has 0 atom stereocenters. The molecule has 0 aliphatic carbocycles. The van der Waals surface area contributed by atoms with Crippen LogP contribution in [0.1, 0.15) is 57.2 Å². The fourth-order valence-electron chi connectivity index (χ4n) is 3.78. The number of carbonyl (C=O) groups excluding carboxylic acids is 2. The average Bonchev–Trinajstić information content (AvgIpc) is 2.72. The first kappa shape index (κ1) is 21.9. The van der Waals surface area contributed by atoms with Crippen molar-refractivity contribution in [3.05, 3.63) is 71.8 Å². The Morgan fingerprint density at radius 2 is 1.47 bits per heavy atom. The van der Waals surface area contributed by atoms with Gasteiger partial charge in [-0.05, 0) is 50.7 Å². The maximum Gasteiger partial charge on any atom is 0.410 e. The molecule has 160 valence electrons. The van der Waals surface area contributed by atoms with E-state index in [0.717, 1.165) is 24.0 Å². The summed E-state index contributed by atoms with van der Waals surface area (Å²) in [5, 5.41) is 3.22. The zero-order valence-corrected chi connectivity index (χ0v) is 18.1. The van der Waals surface area contributed by atoms with Gasteiger partial charge >= 0.3 is 6.09 Å². The van der Waals surface area contributed by atoms with Gasteiger partial charge in [-0.3, -0.25) is 4.79 Å². The van der Waals surface area contributed by atoms with Crippen LogP contribution in [0, 0.1) is 5.92 Å². The number of likely N-dealkylation sites (tertiary alicyclic amines) is 1. The zero-order valence-electron chi connectivity index (χ0n) is 18.1. The Morgan fingerprint density at radius 3 is 1.93 bits per heavy atom. The van der Waals surface area contributed by atoms with Crippen molar-refractivity contribution in [2.45, 2.75) is 51.7 Å². The Kier molecular flexibility index (Phi) is 7.14. The molecule has 1 saturated heterocycles. The molecule has 1 heterocycles. The molecule has 30 heavy (non-hydrogen) atoms. The molecule has 0 spiro atoms. The number of nitrogens with one attached hydrogen (secondary N) is 1. The van der Waals surface area contributed by atoms with Crippen LogP contribution in [0.5, 0.6) is 0 Å². The van der Waals surface area contributed by atoms with E-state index >= 15 is 0 Å². The lowest BCUT2D eigenvalue weighted by molar-refractivity contribution is -0.122. The lowest BCUT2D eigenvalue weighted by Gasteiger charge is -2.33. The highest BCUT2D eigenvalue weighted by Gasteiger charge is 2.28. The summed E-state index contributed by atoms with van der Waals surface area (Å²) < 4.78 is 5.45. The van der Waals surface area contributed by atoms with Gasteiger partial charge in [0.05, 0.1) is 6.04 Å². The van der Waals surface area contributed by atoms with E-state index in [0.29, 0.717) is 19.5 Å². The number of piperidine rings is 1. The van der Waals surface area contributed by atoms with Crippen LogP contribution in [-0.4, -0.2) is 35.6 Å². The summed E-state index contributed by atoms with van der Waals surface area (Å²) in [6, 6.07) is 19.9. The summed E-state index contributed by atoms with van der Waals surface area (Å²) in [4.78, 5) is 26.8. The molecule has 1 fully saturated rings.